The van der Waals surface area contributed by atoms with Crippen LogP contribution in [0.5, 0.6) is 0 Å². The molecule has 0 radical (unpaired) electrons. The number of hydrogen-bond donors (Lipinski definition) is 0. The summed E-state index contributed by atoms with van der Waals surface area (Å²) in [5, 5.41) is 1.42. The Bertz CT molecular complexity index is 930. The van der Waals surface area contributed by atoms with E-state index in [1.807, 2.05) is 6.08 Å². The van der Waals surface area contributed by atoms with Gasteiger partial charge in [0.05, 0.1) is 11.8 Å². The van der Waals surface area contributed by atoms with Crippen molar-refractivity contribution < 1.29 is 9.22 Å². The van der Waals surface area contributed by atoms with Crippen molar-refractivity contribution in [3.05, 3.63) is 41.6 Å². The van der Waals surface area contributed by atoms with Crippen LogP contribution in [0.25, 0.3) is 16.5 Å². The molecule has 2 aromatic rings. The second-order valence-electron chi connectivity index (χ2n) is 9.41. The van der Waals surface area contributed by atoms with Crippen LogP contribution in [-0.4, -0.2) is 18.7 Å². The van der Waals surface area contributed by atoms with Crippen LogP contribution >= 0.6 is 0 Å². The SMILES string of the molecule is Cn1c2c(c3ccccc31)C1=CC(=O)CC1CC2O[Si](C)(C)C(C)(C)C. The van der Waals surface area contributed by atoms with Gasteiger partial charge in [0.1, 0.15) is 0 Å². The maximum absolute atomic E-state index is 12.2. The van der Waals surface area contributed by atoms with Gasteiger partial charge in [0, 0.05) is 29.9 Å². The Labute approximate surface area is 157 Å². The van der Waals surface area contributed by atoms with Gasteiger partial charge in [-0.15, -0.1) is 0 Å². The van der Waals surface area contributed by atoms with Gasteiger partial charge < -0.3 is 8.99 Å². The highest BCUT2D eigenvalue weighted by molar-refractivity contribution is 6.74. The molecule has 0 fully saturated rings. The molecular formula is C22H29NO2Si. The van der Waals surface area contributed by atoms with Crippen LogP contribution in [0.4, 0.5) is 0 Å². The molecule has 0 bridgehead atoms. The smallest absolute Gasteiger partial charge is 0.192 e. The van der Waals surface area contributed by atoms with E-state index in [2.05, 4.69) is 69.7 Å². The molecule has 0 aliphatic heterocycles. The first-order valence-electron chi connectivity index (χ1n) is 9.60. The number of allylic oxidation sites excluding steroid dienone is 2. The third-order valence-corrected chi connectivity index (χ3v) is 11.2. The fourth-order valence-electron chi connectivity index (χ4n) is 4.29. The van der Waals surface area contributed by atoms with E-state index >= 15 is 0 Å². The standard InChI is InChI=1S/C22H29NO2Si/c1-22(2,3)26(5,6)25-19-12-14-11-15(24)13-17(14)20-16-9-7-8-10-18(16)23(4)21(19)20/h7-10,13-14,19H,11-12H2,1-6H3. The van der Waals surface area contributed by atoms with Crippen molar-refractivity contribution in [2.45, 2.75) is 57.8 Å². The van der Waals surface area contributed by atoms with Crippen LogP contribution in [0.3, 0.4) is 0 Å². The van der Waals surface area contributed by atoms with E-state index in [0.717, 1.165) is 6.42 Å². The van der Waals surface area contributed by atoms with E-state index in [-0.39, 0.29) is 16.9 Å². The minimum Gasteiger partial charge on any atom is -0.408 e. The second kappa shape index (κ2) is 5.67. The summed E-state index contributed by atoms with van der Waals surface area (Å²) in [6.45, 7) is 11.5. The molecule has 2 aliphatic rings. The van der Waals surface area contributed by atoms with Crippen molar-refractivity contribution in [2.75, 3.05) is 0 Å². The normalized spacial score (nSPS) is 23.2. The molecule has 2 unspecified atom stereocenters. The third-order valence-electron chi connectivity index (χ3n) is 6.69. The number of hydrogen-bond acceptors (Lipinski definition) is 2. The summed E-state index contributed by atoms with van der Waals surface area (Å²) in [6, 6.07) is 8.53. The number of fused-ring (bicyclic) bond motifs is 5. The van der Waals surface area contributed by atoms with Crippen LogP contribution in [0, 0.1) is 5.92 Å². The molecule has 0 N–H and O–H groups in total. The average molecular weight is 368 g/mol. The number of carbonyl (C=O) groups is 1. The van der Waals surface area contributed by atoms with Crippen LogP contribution in [0.1, 0.15) is 51.0 Å². The lowest BCUT2D eigenvalue weighted by atomic mass is 9.81. The topological polar surface area (TPSA) is 31.2 Å². The Hall–Kier alpha value is -1.65. The highest BCUT2D eigenvalue weighted by Gasteiger charge is 2.45. The quantitative estimate of drug-likeness (QED) is 0.645. The number of carbonyl (C=O) groups excluding carboxylic acids is 1. The van der Waals surface area contributed by atoms with Crippen molar-refractivity contribution in [3.8, 4) is 0 Å². The molecule has 1 aromatic carbocycles. The first kappa shape index (κ1) is 17.7. The van der Waals surface area contributed by atoms with Crippen LogP contribution in [0.2, 0.25) is 18.1 Å². The van der Waals surface area contributed by atoms with Crippen molar-refractivity contribution in [2.24, 2.45) is 13.0 Å². The van der Waals surface area contributed by atoms with Gasteiger partial charge in [-0.05, 0) is 48.2 Å². The lowest BCUT2D eigenvalue weighted by molar-refractivity contribution is -0.114. The Kier molecular flexibility index (Phi) is 3.87. The summed E-state index contributed by atoms with van der Waals surface area (Å²) in [7, 11) is 0.228. The predicted molar refractivity (Wildman–Crippen MR) is 110 cm³/mol. The fourth-order valence-corrected chi connectivity index (χ4v) is 5.56. The predicted octanol–water partition coefficient (Wildman–Crippen LogP) is 5.62. The van der Waals surface area contributed by atoms with Gasteiger partial charge in [-0.3, -0.25) is 4.79 Å². The summed E-state index contributed by atoms with van der Waals surface area (Å²) in [5.41, 5.74) is 4.97. The first-order valence-corrected chi connectivity index (χ1v) is 12.5. The Morgan fingerprint density at radius 3 is 2.58 bits per heavy atom. The lowest BCUT2D eigenvalue weighted by Gasteiger charge is -2.42. The minimum absolute atomic E-state index is 0.0661. The molecule has 1 heterocycles. The highest BCUT2D eigenvalue weighted by atomic mass is 28.4. The number of aromatic nitrogens is 1. The third kappa shape index (κ3) is 2.54. The number of ketones is 1. The number of benzene rings is 1. The van der Waals surface area contributed by atoms with Crippen molar-refractivity contribution >= 4 is 30.6 Å². The highest BCUT2D eigenvalue weighted by Crippen LogP contribution is 2.52. The molecule has 26 heavy (non-hydrogen) atoms. The summed E-state index contributed by atoms with van der Waals surface area (Å²) in [6.07, 6.45) is 3.51. The molecule has 2 aliphatic carbocycles. The monoisotopic (exact) mass is 367 g/mol. The van der Waals surface area contributed by atoms with E-state index in [0.29, 0.717) is 12.3 Å². The Morgan fingerprint density at radius 2 is 1.88 bits per heavy atom. The van der Waals surface area contributed by atoms with Crippen molar-refractivity contribution in [1.29, 1.82) is 0 Å². The van der Waals surface area contributed by atoms with Gasteiger partial charge in [-0.25, -0.2) is 0 Å². The average Bonchev–Trinajstić information content (AvgIpc) is 3.04. The van der Waals surface area contributed by atoms with Gasteiger partial charge in [-0.2, -0.15) is 0 Å². The molecule has 4 rings (SSSR count). The summed E-state index contributed by atoms with van der Waals surface area (Å²) < 4.78 is 9.20. The van der Waals surface area contributed by atoms with Gasteiger partial charge >= 0.3 is 0 Å². The largest absolute Gasteiger partial charge is 0.408 e. The Morgan fingerprint density at radius 1 is 1.19 bits per heavy atom. The van der Waals surface area contributed by atoms with Gasteiger partial charge in [0.25, 0.3) is 0 Å². The van der Waals surface area contributed by atoms with Crippen LogP contribution in [-0.2, 0) is 16.3 Å². The molecule has 0 saturated heterocycles. The maximum Gasteiger partial charge on any atom is 0.192 e. The number of rotatable bonds is 2. The molecular weight excluding hydrogens is 338 g/mol. The van der Waals surface area contributed by atoms with E-state index in [9.17, 15) is 4.79 Å². The van der Waals surface area contributed by atoms with Gasteiger partial charge in [0.15, 0.2) is 14.1 Å². The first-order chi connectivity index (χ1) is 12.1. The fraction of sp³-hybridized carbons (Fsp3) is 0.500. The molecule has 0 amide bonds. The molecule has 3 nitrogen and oxygen atoms in total. The summed E-state index contributed by atoms with van der Waals surface area (Å²) >= 11 is 0. The molecule has 0 saturated carbocycles. The molecule has 0 spiro atoms. The van der Waals surface area contributed by atoms with Crippen LogP contribution in [0.15, 0.2) is 30.3 Å². The molecule has 4 heteroatoms. The molecule has 1 aromatic heterocycles. The zero-order chi connectivity index (χ0) is 18.9. The van der Waals surface area contributed by atoms with Crippen molar-refractivity contribution in [1.82, 2.24) is 4.57 Å². The lowest BCUT2D eigenvalue weighted by Crippen LogP contribution is -2.43. The van der Waals surface area contributed by atoms with Crippen LogP contribution < -0.4 is 0 Å². The number of aryl methyl sites for hydroxylation is 1. The summed E-state index contributed by atoms with van der Waals surface area (Å²) in [4.78, 5) is 12.2. The summed E-state index contributed by atoms with van der Waals surface area (Å²) in [5.74, 6) is 0.562. The van der Waals surface area contributed by atoms with Crippen molar-refractivity contribution in [3.63, 3.8) is 0 Å². The zero-order valence-corrected chi connectivity index (χ0v) is 17.7. The zero-order valence-electron chi connectivity index (χ0n) is 16.7. The minimum atomic E-state index is -1.91. The molecule has 138 valence electrons. The van der Waals surface area contributed by atoms with E-state index < -0.39 is 8.32 Å². The van der Waals surface area contributed by atoms with Gasteiger partial charge in [-0.1, -0.05) is 39.0 Å². The second-order valence-corrected chi connectivity index (χ2v) is 14.2. The van der Waals surface area contributed by atoms with E-state index in [4.69, 9.17) is 4.43 Å². The van der Waals surface area contributed by atoms with E-state index in [1.54, 1.807) is 0 Å². The van der Waals surface area contributed by atoms with Gasteiger partial charge in [0.2, 0.25) is 0 Å². The number of para-hydroxylation sites is 1. The Balaban J connectivity index is 1.90. The van der Waals surface area contributed by atoms with E-state index in [1.165, 1.54) is 27.7 Å². The number of nitrogens with zero attached hydrogens (tertiary/aromatic N) is 1. The molecule has 2 atom stereocenters. The maximum atomic E-state index is 12.2.